The van der Waals surface area contributed by atoms with Gasteiger partial charge in [-0.15, -0.1) is 0 Å². The quantitative estimate of drug-likeness (QED) is 0.359. The molecule has 0 atom stereocenters. The highest BCUT2D eigenvalue weighted by molar-refractivity contribution is 6.12. The first kappa shape index (κ1) is 16.3. The second-order valence-corrected chi connectivity index (χ2v) is 7.55. The average Bonchev–Trinajstić information content (AvgIpc) is 3.05. The summed E-state index contributed by atoms with van der Waals surface area (Å²) in [5.41, 5.74) is 4.54. The van der Waals surface area contributed by atoms with Crippen LogP contribution >= 0.6 is 0 Å². The van der Waals surface area contributed by atoms with Gasteiger partial charge in [0, 0.05) is 21.7 Å². The maximum Gasteiger partial charge on any atom is 0.126 e. The van der Waals surface area contributed by atoms with Gasteiger partial charge in [0.2, 0.25) is 0 Å². The van der Waals surface area contributed by atoms with Gasteiger partial charge in [-0.1, -0.05) is 60.7 Å². The Balaban J connectivity index is 1.68. The number of aryl methyl sites for hydroxylation is 1. The van der Waals surface area contributed by atoms with Crippen molar-refractivity contribution in [1.29, 1.82) is 0 Å². The number of fused-ring (bicyclic) bond motifs is 5. The van der Waals surface area contributed by atoms with Gasteiger partial charge in [0.1, 0.15) is 5.82 Å². The van der Waals surface area contributed by atoms with Crippen LogP contribution in [0.4, 0.5) is 0 Å². The van der Waals surface area contributed by atoms with E-state index in [9.17, 15) is 0 Å². The van der Waals surface area contributed by atoms with Gasteiger partial charge >= 0.3 is 0 Å². The predicted octanol–water partition coefficient (Wildman–Crippen LogP) is 6.25. The molecule has 0 radical (unpaired) electrons. The van der Waals surface area contributed by atoms with Crippen LogP contribution in [0.25, 0.3) is 43.5 Å². The molecule has 2 aromatic heterocycles. The zero-order chi connectivity index (χ0) is 19.4. The number of hydrogen-bond donors (Lipinski definition) is 0. The van der Waals surface area contributed by atoms with Gasteiger partial charge in [0.15, 0.2) is 0 Å². The number of nitrogens with zero attached hydrogens (tertiary/aromatic N) is 3. The fourth-order valence-corrected chi connectivity index (χ4v) is 4.44. The minimum absolute atomic E-state index is 0.715. The molecule has 138 valence electrons. The molecule has 0 saturated carbocycles. The van der Waals surface area contributed by atoms with Crippen LogP contribution < -0.4 is 0 Å². The van der Waals surface area contributed by atoms with E-state index in [1.807, 2.05) is 13.0 Å². The third-order valence-electron chi connectivity index (χ3n) is 5.74. The van der Waals surface area contributed by atoms with E-state index in [2.05, 4.69) is 88.4 Å². The molecule has 0 saturated heterocycles. The van der Waals surface area contributed by atoms with Crippen LogP contribution in [0.15, 0.2) is 84.9 Å². The Morgan fingerprint density at radius 3 is 2.21 bits per heavy atom. The molecule has 29 heavy (non-hydrogen) atoms. The summed E-state index contributed by atoms with van der Waals surface area (Å²) >= 11 is 0. The van der Waals surface area contributed by atoms with E-state index in [4.69, 9.17) is 4.98 Å². The van der Waals surface area contributed by atoms with Gasteiger partial charge < -0.3 is 4.57 Å². The highest BCUT2D eigenvalue weighted by atomic mass is 15.0. The highest BCUT2D eigenvalue weighted by Crippen LogP contribution is 2.33. The summed E-state index contributed by atoms with van der Waals surface area (Å²) in [5, 5.41) is 6.21. The van der Waals surface area contributed by atoms with E-state index in [1.165, 1.54) is 32.6 Å². The molecule has 0 aliphatic heterocycles. The Hall–Kier alpha value is -3.72. The number of aromatic nitrogens is 3. The standard InChI is InChI=1S/C26H19N3/c1-17-27-23-12-6-4-11-21(23)24(28-17)16-29-25-13-7-5-10-20(25)22-14-18-8-2-3-9-19(18)15-26(22)29/h2-15H,16H2,1H3. The summed E-state index contributed by atoms with van der Waals surface area (Å²) in [6.45, 7) is 2.68. The lowest BCUT2D eigenvalue weighted by molar-refractivity contribution is 0.830. The van der Waals surface area contributed by atoms with Crippen molar-refractivity contribution >= 4 is 43.5 Å². The largest absolute Gasteiger partial charge is 0.334 e. The molecule has 0 fully saturated rings. The number of rotatable bonds is 2. The normalized spacial score (nSPS) is 11.8. The van der Waals surface area contributed by atoms with Crippen LogP contribution in [0, 0.1) is 6.92 Å². The van der Waals surface area contributed by atoms with Crippen molar-refractivity contribution in [1.82, 2.24) is 14.5 Å². The molecule has 0 aliphatic carbocycles. The molecule has 0 unspecified atom stereocenters. The third-order valence-corrected chi connectivity index (χ3v) is 5.74. The van der Waals surface area contributed by atoms with Gasteiger partial charge in [-0.3, -0.25) is 0 Å². The van der Waals surface area contributed by atoms with Crippen molar-refractivity contribution in [3.8, 4) is 0 Å². The van der Waals surface area contributed by atoms with Gasteiger partial charge in [0.25, 0.3) is 0 Å². The van der Waals surface area contributed by atoms with Crippen molar-refractivity contribution < 1.29 is 0 Å². The average molecular weight is 373 g/mol. The van der Waals surface area contributed by atoms with Gasteiger partial charge in [-0.2, -0.15) is 0 Å². The molecule has 3 nitrogen and oxygen atoms in total. The number of para-hydroxylation sites is 2. The number of hydrogen-bond acceptors (Lipinski definition) is 2. The van der Waals surface area contributed by atoms with Crippen LogP contribution in [0.1, 0.15) is 11.5 Å². The SMILES string of the molecule is Cc1nc(Cn2c3ccccc3c3cc4ccccc4cc32)c2ccccc2n1. The Kier molecular flexibility index (Phi) is 3.44. The lowest BCUT2D eigenvalue weighted by Crippen LogP contribution is -2.05. The van der Waals surface area contributed by atoms with Crippen molar-refractivity contribution in [3.63, 3.8) is 0 Å². The van der Waals surface area contributed by atoms with Crippen LogP contribution in [0.3, 0.4) is 0 Å². The maximum absolute atomic E-state index is 4.82. The van der Waals surface area contributed by atoms with Gasteiger partial charge in [-0.05, 0) is 42.0 Å². The van der Waals surface area contributed by atoms with E-state index in [1.54, 1.807) is 0 Å². The molecule has 0 amide bonds. The lowest BCUT2D eigenvalue weighted by Gasteiger charge is -2.11. The van der Waals surface area contributed by atoms with Gasteiger partial charge in [-0.25, -0.2) is 9.97 Å². The van der Waals surface area contributed by atoms with E-state index >= 15 is 0 Å². The topological polar surface area (TPSA) is 30.7 Å². The summed E-state index contributed by atoms with van der Waals surface area (Å²) in [6.07, 6.45) is 0. The molecule has 6 rings (SSSR count). The molecule has 4 aromatic carbocycles. The summed E-state index contributed by atoms with van der Waals surface area (Å²) in [5.74, 6) is 0.810. The van der Waals surface area contributed by atoms with Gasteiger partial charge in [0.05, 0.1) is 23.3 Å². The second-order valence-electron chi connectivity index (χ2n) is 7.55. The predicted molar refractivity (Wildman–Crippen MR) is 120 cm³/mol. The second kappa shape index (κ2) is 6.14. The van der Waals surface area contributed by atoms with E-state index < -0.39 is 0 Å². The molecular formula is C26H19N3. The van der Waals surface area contributed by atoms with Crippen molar-refractivity contribution in [2.45, 2.75) is 13.5 Å². The van der Waals surface area contributed by atoms with Crippen LogP contribution in [-0.4, -0.2) is 14.5 Å². The van der Waals surface area contributed by atoms with Crippen molar-refractivity contribution in [3.05, 3.63) is 96.4 Å². The van der Waals surface area contributed by atoms with E-state index in [-0.39, 0.29) is 0 Å². The molecule has 3 heteroatoms. The maximum atomic E-state index is 4.82. The summed E-state index contributed by atoms with van der Waals surface area (Å²) < 4.78 is 2.39. The molecule has 6 aromatic rings. The molecule has 2 heterocycles. The highest BCUT2D eigenvalue weighted by Gasteiger charge is 2.14. The molecule has 0 aliphatic rings. The Morgan fingerprint density at radius 1 is 0.655 bits per heavy atom. The molecule has 0 bridgehead atoms. The first-order valence-electron chi connectivity index (χ1n) is 9.90. The van der Waals surface area contributed by atoms with Crippen LogP contribution in [0.5, 0.6) is 0 Å². The van der Waals surface area contributed by atoms with Crippen molar-refractivity contribution in [2.24, 2.45) is 0 Å². The minimum atomic E-state index is 0.715. The monoisotopic (exact) mass is 373 g/mol. The van der Waals surface area contributed by atoms with E-state index in [0.717, 1.165) is 22.4 Å². The molecule has 0 spiro atoms. The Bertz CT molecular complexity index is 1540. The lowest BCUT2D eigenvalue weighted by atomic mass is 10.1. The summed E-state index contributed by atoms with van der Waals surface area (Å²) in [6, 6.07) is 30.1. The summed E-state index contributed by atoms with van der Waals surface area (Å²) in [4.78, 5) is 9.43. The minimum Gasteiger partial charge on any atom is -0.334 e. The first-order valence-corrected chi connectivity index (χ1v) is 9.90. The van der Waals surface area contributed by atoms with Crippen LogP contribution in [-0.2, 0) is 6.54 Å². The fourth-order valence-electron chi connectivity index (χ4n) is 4.44. The zero-order valence-corrected chi connectivity index (χ0v) is 16.1. The molecule has 0 N–H and O–H groups in total. The fraction of sp³-hybridized carbons (Fsp3) is 0.0769. The third kappa shape index (κ3) is 2.51. The smallest absolute Gasteiger partial charge is 0.126 e. The number of benzene rings is 4. The van der Waals surface area contributed by atoms with Crippen LogP contribution in [0.2, 0.25) is 0 Å². The first-order chi connectivity index (χ1) is 14.3. The molecular weight excluding hydrogens is 354 g/mol. The summed E-state index contributed by atoms with van der Waals surface area (Å²) in [7, 11) is 0. The van der Waals surface area contributed by atoms with Crippen molar-refractivity contribution in [2.75, 3.05) is 0 Å². The van der Waals surface area contributed by atoms with E-state index in [0.29, 0.717) is 6.54 Å². The zero-order valence-electron chi connectivity index (χ0n) is 16.1. The Morgan fingerprint density at radius 2 is 1.34 bits per heavy atom. The Labute approximate surface area is 168 Å².